The lowest BCUT2D eigenvalue weighted by atomic mass is 10.2. The molecule has 1 aliphatic heterocycles. The van der Waals surface area contributed by atoms with E-state index in [4.69, 9.17) is 14.3 Å². The summed E-state index contributed by atoms with van der Waals surface area (Å²) in [5.74, 6) is 1.39. The van der Waals surface area contributed by atoms with Crippen LogP contribution in [0.5, 0.6) is 17.2 Å². The molecule has 94 valence electrons. The number of ether oxygens (including phenoxy) is 2. The minimum Gasteiger partial charge on any atom is -0.507 e. The summed E-state index contributed by atoms with van der Waals surface area (Å²) in [6, 6.07) is 3.30. The average molecular weight is 239 g/mol. The summed E-state index contributed by atoms with van der Waals surface area (Å²) in [6.45, 7) is 6.43. The summed E-state index contributed by atoms with van der Waals surface area (Å²) in [5, 5.41) is 9.77. The molecule has 5 nitrogen and oxygen atoms in total. The number of rotatable bonds is 3. The van der Waals surface area contributed by atoms with E-state index in [0.717, 1.165) is 0 Å². The van der Waals surface area contributed by atoms with Crippen molar-refractivity contribution in [1.29, 1.82) is 0 Å². The first-order chi connectivity index (χ1) is 7.96. The van der Waals surface area contributed by atoms with E-state index in [2.05, 4.69) is 5.48 Å². The zero-order chi connectivity index (χ0) is 12.5. The van der Waals surface area contributed by atoms with Gasteiger partial charge >= 0.3 is 0 Å². The highest BCUT2D eigenvalue weighted by Crippen LogP contribution is 2.37. The van der Waals surface area contributed by atoms with Gasteiger partial charge in [-0.15, -0.1) is 0 Å². The zero-order valence-corrected chi connectivity index (χ0v) is 10.2. The van der Waals surface area contributed by atoms with E-state index >= 15 is 0 Å². The van der Waals surface area contributed by atoms with Gasteiger partial charge in [0.2, 0.25) is 6.79 Å². The van der Waals surface area contributed by atoms with Crippen molar-refractivity contribution in [3.63, 3.8) is 0 Å². The van der Waals surface area contributed by atoms with E-state index in [1.54, 1.807) is 12.1 Å². The first kappa shape index (κ1) is 12.0. The monoisotopic (exact) mass is 239 g/mol. The number of hydroxylamine groups is 1. The van der Waals surface area contributed by atoms with Crippen molar-refractivity contribution >= 4 is 0 Å². The molecule has 0 saturated carbocycles. The van der Waals surface area contributed by atoms with Crippen molar-refractivity contribution in [2.45, 2.75) is 32.9 Å². The van der Waals surface area contributed by atoms with Gasteiger partial charge < -0.3 is 14.6 Å². The molecule has 2 N–H and O–H groups in total. The summed E-state index contributed by atoms with van der Waals surface area (Å²) in [5.41, 5.74) is 3.25. The molecule has 17 heavy (non-hydrogen) atoms. The Bertz CT molecular complexity index is 412. The van der Waals surface area contributed by atoms with Crippen molar-refractivity contribution in [2.24, 2.45) is 0 Å². The molecule has 0 radical (unpaired) electrons. The second kappa shape index (κ2) is 4.43. The Morgan fingerprint density at radius 3 is 2.59 bits per heavy atom. The Labute approximate surface area is 100 Å². The lowest BCUT2D eigenvalue weighted by Gasteiger charge is -2.19. The van der Waals surface area contributed by atoms with Crippen LogP contribution in [0.3, 0.4) is 0 Å². The van der Waals surface area contributed by atoms with Crippen molar-refractivity contribution in [3.8, 4) is 17.2 Å². The molecule has 0 unspecified atom stereocenters. The number of nitrogens with one attached hydrogen (secondary N) is 1. The fourth-order valence-corrected chi connectivity index (χ4v) is 1.45. The predicted molar refractivity (Wildman–Crippen MR) is 61.9 cm³/mol. The van der Waals surface area contributed by atoms with Crippen molar-refractivity contribution in [2.75, 3.05) is 6.79 Å². The lowest BCUT2D eigenvalue weighted by Crippen LogP contribution is -2.28. The van der Waals surface area contributed by atoms with Gasteiger partial charge in [0.1, 0.15) is 5.75 Å². The number of hydrogen-bond acceptors (Lipinski definition) is 5. The normalized spacial score (nSPS) is 14.1. The van der Waals surface area contributed by atoms with Crippen LogP contribution in [0.25, 0.3) is 0 Å². The van der Waals surface area contributed by atoms with Crippen LogP contribution in [-0.4, -0.2) is 17.5 Å². The van der Waals surface area contributed by atoms with Crippen LogP contribution in [0.4, 0.5) is 0 Å². The van der Waals surface area contributed by atoms with E-state index in [-0.39, 0.29) is 18.1 Å². The predicted octanol–water partition coefficient (Wildman–Crippen LogP) is 1.94. The molecule has 0 aromatic heterocycles. The Morgan fingerprint density at radius 2 is 1.94 bits per heavy atom. The van der Waals surface area contributed by atoms with E-state index in [9.17, 15) is 5.11 Å². The third-order valence-electron chi connectivity index (χ3n) is 2.21. The van der Waals surface area contributed by atoms with E-state index in [1.807, 2.05) is 20.8 Å². The van der Waals surface area contributed by atoms with Gasteiger partial charge in [-0.2, -0.15) is 5.48 Å². The first-order valence-electron chi connectivity index (χ1n) is 5.48. The number of phenols is 1. The molecule has 0 fully saturated rings. The number of phenolic OH excluding ortho intramolecular Hbond substituents is 1. The van der Waals surface area contributed by atoms with Crippen LogP contribution < -0.4 is 15.0 Å². The molecule has 0 amide bonds. The molecule has 1 aromatic rings. The van der Waals surface area contributed by atoms with Crippen molar-refractivity contribution < 1.29 is 19.4 Å². The standard InChI is InChI=1S/C12H17NO4/c1-12(2,3)17-13-6-8-4-10-11(5-9(8)14)16-7-15-10/h4-5,13-14H,6-7H2,1-3H3. The second-order valence-electron chi connectivity index (χ2n) is 4.87. The van der Waals surface area contributed by atoms with Crippen LogP contribution in [-0.2, 0) is 11.4 Å². The maximum atomic E-state index is 9.77. The Morgan fingerprint density at radius 1 is 1.29 bits per heavy atom. The third-order valence-corrected chi connectivity index (χ3v) is 2.21. The number of aromatic hydroxyl groups is 1. The molecule has 2 rings (SSSR count). The molecule has 5 heteroatoms. The Kier molecular flexibility index (Phi) is 3.13. The fourth-order valence-electron chi connectivity index (χ4n) is 1.45. The van der Waals surface area contributed by atoms with Crippen LogP contribution >= 0.6 is 0 Å². The number of benzene rings is 1. The largest absolute Gasteiger partial charge is 0.507 e. The molecule has 0 atom stereocenters. The molecule has 0 saturated heterocycles. The van der Waals surface area contributed by atoms with Gasteiger partial charge in [0.25, 0.3) is 0 Å². The van der Waals surface area contributed by atoms with E-state index < -0.39 is 0 Å². The Balaban J connectivity index is 2.02. The highest BCUT2D eigenvalue weighted by Gasteiger charge is 2.17. The minimum atomic E-state index is -0.272. The van der Waals surface area contributed by atoms with Crippen LogP contribution in [0, 0.1) is 0 Å². The van der Waals surface area contributed by atoms with Crippen LogP contribution in [0.15, 0.2) is 12.1 Å². The maximum absolute atomic E-state index is 9.77. The molecule has 1 aromatic carbocycles. The van der Waals surface area contributed by atoms with Crippen molar-refractivity contribution in [1.82, 2.24) is 5.48 Å². The second-order valence-corrected chi connectivity index (χ2v) is 4.87. The van der Waals surface area contributed by atoms with Crippen molar-refractivity contribution in [3.05, 3.63) is 17.7 Å². The van der Waals surface area contributed by atoms with Crippen LogP contribution in [0.2, 0.25) is 0 Å². The number of hydrogen-bond donors (Lipinski definition) is 2. The summed E-state index contributed by atoms with van der Waals surface area (Å²) in [4.78, 5) is 5.37. The fraction of sp³-hybridized carbons (Fsp3) is 0.500. The highest BCUT2D eigenvalue weighted by atomic mass is 16.7. The highest BCUT2D eigenvalue weighted by molar-refractivity contribution is 5.51. The topological polar surface area (TPSA) is 60.0 Å². The zero-order valence-electron chi connectivity index (χ0n) is 10.2. The molecular formula is C12H17NO4. The van der Waals surface area contributed by atoms with Crippen LogP contribution in [0.1, 0.15) is 26.3 Å². The first-order valence-corrected chi connectivity index (χ1v) is 5.48. The van der Waals surface area contributed by atoms with Gasteiger partial charge in [-0.3, -0.25) is 4.84 Å². The van der Waals surface area contributed by atoms with Gasteiger partial charge in [0.15, 0.2) is 11.5 Å². The smallest absolute Gasteiger partial charge is 0.231 e. The molecule has 0 bridgehead atoms. The van der Waals surface area contributed by atoms with Gasteiger partial charge in [-0.1, -0.05) is 0 Å². The Hall–Kier alpha value is -1.46. The SMILES string of the molecule is CC(C)(C)ONCc1cc2c(cc1O)OCO2. The molecular weight excluding hydrogens is 222 g/mol. The summed E-state index contributed by atoms with van der Waals surface area (Å²) in [6.07, 6.45) is 0. The van der Waals surface area contributed by atoms with Gasteiger partial charge in [0.05, 0.1) is 5.60 Å². The summed E-state index contributed by atoms with van der Waals surface area (Å²) < 4.78 is 10.4. The van der Waals surface area contributed by atoms with E-state index in [0.29, 0.717) is 23.6 Å². The molecule has 0 spiro atoms. The number of fused-ring (bicyclic) bond motifs is 1. The molecule has 1 heterocycles. The quantitative estimate of drug-likeness (QED) is 0.789. The average Bonchev–Trinajstić information content (AvgIpc) is 2.63. The van der Waals surface area contributed by atoms with Gasteiger partial charge in [0, 0.05) is 18.2 Å². The maximum Gasteiger partial charge on any atom is 0.231 e. The van der Waals surface area contributed by atoms with E-state index in [1.165, 1.54) is 0 Å². The van der Waals surface area contributed by atoms with Gasteiger partial charge in [-0.25, -0.2) is 0 Å². The summed E-state index contributed by atoms with van der Waals surface area (Å²) >= 11 is 0. The minimum absolute atomic E-state index is 0.166. The third kappa shape index (κ3) is 3.01. The molecule has 0 aliphatic carbocycles. The lowest BCUT2D eigenvalue weighted by molar-refractivity contribution is -0.0759. The summed E-state index contributed by atoms with van der Waals surface area (Å²) in [7, 11) is 0. The molecule has 1 aliphatic rings. The van der Waals surface area contributed by atoms with Gasteiger partial charge in [-0.05, 0) is 26.8 Å².